The van der Waals surface area contributed by atoms with Gasteiger partial charge < -0.3 is 15.3 Å². The van der Waals surface area contributed by atoms with Crippen molar-refractivity contribution in [2.45, 2.75) is 76.9 Å². The normalized spacial score (nSPS) is 26.9. The van der Waals surface area contributed by atoms with Crippen LogP contribution in [0.5, 0.6) is 0 Å². The molecule has 0 radical (unpaired) electrons. The molecule has 4 unspecified atom stereocenters. The van der Waals surface area contributed by atoms with E-state index in [2.05, 4.69) is 12.4 Å². The fourth-order valence-corrected chi connectivity index (χ4v) is 3.74. The molecule has 138 valence electrons. The Kier molecular flexibility index (Phi) is 7.52. The van der Waals surface area contributed by atoms with Gasteiger partial charge >= 0.3 is 5.97 Å². The van der Waals surface area contributed by atoms with Crippen molar-refractivity contribution in [3.8, 4) is 0 Å². The summed E-state index contributed by atoms with van der Waals surface area (Å²) < 4.78 is 0. The third-order valence-electron chi connectivity index (χ3n) is 5.26. The Morgan fingerprint density at radius 1 is 1.33 bits per heavy atom. The van der Waals surface area contributed by atoms with Crippen LogP contribution in [0, 0.1) is 11.8 Å². The number of hydroxylamine groups is 1. The molecule has 0 aliphatic heterocycles. The van der Waals surface area contributed by atoms with E-state index in [1.807, 2.05) is 0 Å². The summed E-state index contributed by atoms with van der Waals surface area (Å²) in [4.78, 5) is 15.6. The molecule has 0 aromatic heterocycles. The Bertz CT molecular complexity index is 451. The van der Waals surface area contributed by atoms with Crippen molar-refractivity contribution in [2.24, 2.45) is 11.8 Å². The van der Waals surface area contributed by atoms with Crippen LogP contribution in [0.1, 0.15) is 64.7 Å². The minimum atomic E-state index is -0.880. The molecule has 6 nitrogen and oxygen atoms in total. The summed E-state index contributed by atoms with van der Waals surface area (Å²) in [6.07, 6.45) is 6.85. The lowest BCUT2D eigenvalue weighted by Crippen LogP contribution is -2.32. The van der Waals surface area contributed by atoms with Gasteiger partial charge in [-0.25, -0.2) is 0 Å². The van der Waals surface area contributed by atoms with Crippen LogP contribution in [0.2, 0.25) is 0 Å². The Morgan fingerprint density at radius 3 is 2.83 bits per heavy atom. The number of carboxylic acid groups (broad SMARTS) is 1. The van der Waals surface area contributed by atoms with Gasteiger partial charge in [0.1, 0.15) is 0 Å². The summed E-state index contributed by atoms with van der Waals surface area (Å²) in [5.41, 5.74) is 5.05. The molecule has 1 fully saturated rings. The molecule has 6 heteroatoms. The van der Waals surface area contributed by atoms with Gasteiger partial charge in [0.05, 0.1) is 25.2 Å². The third kappa shape index (κ3) is 5.19. The van der Waals surface area contributed by atoms with E-state index in [0.717, 1.165) is 57.1 Å². The molecule has 0 heterocycles. The highest BCUT2D eigenvalue weighted by molar-refractivity contribution is 5.66. The predicted octanol–water partition coefficient (Wildman–Crippen LogP) is 2.36. The summed E-state index contributed by atoms with van der Waals surface area (Å²) in [6, 6.07) is 0. The number of hydrogen-bond donors (Lipinski definition) is 4. The molecule has 0 spiro atoms. The zero-order valence-corrected chi connectivity index (χ0v) is 14.5. The first-order valence-electron chi connectivity index (χ1n) is 9.20. The number of aliphatic carboxylic acids is 1. The number of hydrogen-bond acceptors (Lipinski definition) is 5. The van der Waals surface area contributed by atoms with E-state index in [1.165, 1.54) is 5.57 Å². The summed E-state index contributed by atoms with van der Waals surface area (Å²) >= 11 is 0. The van der Waals surface area contributed by atoms with Crippen LogP contribution >= 0.6 is 0 Å². The first-order chi connectivity index (χ1) is 11.5. The number of rotatable bonds is 12. The zero-order chi connectivity index (χ0) is 17.5. The lowest BCUT2D eigenvalue weighted by Gasteiger charge is -2.30. The molecule has 1 saturated carbocycles. The molecular formula is C18H31NO5. The molecule has 0 bridgehead atoms. The molecule has 0 aromatic rings. The summed E-state index contributed by atoms with van der Waals surface area (Å²) in [5.74, 6) is -0.461. The molecule has 2 aliphatic carbocycles. The number of nitrogens with one attached hydrogen (secondary N) is 1. The highest BCUT2D eigenvalue weighted by Gasteiger charge is 2.45. The maximum atomic E-state index is 10.4. The van der Waals surface area contributed by atoms with Crippen LogP contribution in [0.4, 0.5) is 0 Å². The average molecular weight is 341 g/mol. The van der Waals surface area contributed by atoms with Crippen molar-refractivity contribution < 1.29 is 25.0 Å². The topological polar surface area (TPSA) is 99.0 Å². The monoisotopic (exact) mass is 341 g/mol. The quantitative estimate of drug-likeness (QED) is 0.321. The Labute approximate surface area is 143 Å². The molecule has 2 rings (SSSR count). The van der Waals surface area contributed by atoms with Crippen LogP contribution < -0.4 is 5.48 Å². The van der Waals surface area contributed by atoms with Crippen molar-refractivity contribution in [3.63, 3.8) is 0 Å². The van der Waals surface area contributed by atoms with E-state index < -0.39 is 5.97 Å². The van der Waals surface area contributed by atoms with Gasteiger partial charge in [-0.05, 0) is 43.6 Å². The third-order valence-corrected chi connectivity index (χ3v) is 5.26. The van der Waals surface area contributed by atoms with Crippen molar-refractivity contribution >= 4 is 5.97 Å². The second-order valence-corrected chi connectivity index (χ2v) is 7.09. The number of fused-ring (bicyclic) bond motifs is 1. The first-order valence-corrected chi connectivity index (χ1v) is 9.20. The molecule has 2 aliphatic rings. The highest BCUT2D eigenvalue weighted by atomic mass is 16.6. The van der Waals surface area contributed by atoms with Gasteiger partial charge in [0.2, 0.25) is 0 Å². The van der Waals surface area contributed by atoms with Crippen molar-refractivity contribution in [1.82, 2.24) is 5.48 Å². The number of unbranched alkanes of at least 4 members (excludes halogenated alkanes) is 2. The Hall–Kier alpha value is -1.11. The van der Waals surface area contributed by atoms with Crippen molar-refractivity contribution in [1.29, 1.82) is 0 Å². The minimum absolute atomic E-state index is 0.0276. The Morgan fingerprint density at radius 2 is 2.12 bits per heavy atom. The number of aliphatic hydroxyl groups is 2. The molecule has 0 saturated heterocycles. The number of allylic oxidation sites excluding steroid dienone is 1. The van der Waals surface area contributed by atoms with E-state index >= 15 is 0 Å². The minimum Gasteiger partial charge on any atom is -0.481 e. The molecule has 24 heavy (non-hydrogen) atoms. The first kappa shape index (κ1) is 19.2. The maximum absolute atomic E-state index is 10.4. The van der Waals surface area contributed by atoms with Crippen LogP contribution in [-0.2, 0) is 9.63 Å². The van der Waals surface area contributed by atoms with Gasteiger partial charge in [-0.15, -0.1) is 0 Å². The summed E-state index contributed by atoms with van der Waals surface area (Å²) in [5, 5.41) is 29.0. The largest absolute Gasteiger partial charge is 0.481 e. The summed E-state index contributed by atoms with van der Waals surface area (Å²) in [7, 11) is 0. The lowest BCUT2D eigenvalue weighted by atomic mass is 9.83. The number of carbonyl (C=O) groups is 1. The van der Waals surface area contributed by atoms with Crippen LogP contribution in [0.3, 0.4) is 0 Å². The number of aliphatic hydroxyl groups excluding tert-OH is 2. The van der Waals surface area contributed by atoms with Crippen molar-refractivity contribution in [3.05, 3.63) is 11.3 Å². The van der Waals surface area contributed by atoms with E-state index in [9.17, 15) is 15.0 Å². The van der Waals surface area contributed by atoms with E-state index in [-0.39, 0.29) is 37.1 Å². The summed E-state index contributed by atoms with van der Waals surface area (Å²) in [6.45, 7) is 2.29. The molecule has 0 amide bonds. The van der Waals surface area contributed by atoms with E-state index in [4.69, 9.17) is 9.94 Å². The Balaban J connectivity index is 1.69. The van der Waals surface area contributed by atoms with E-state index in [0.29, 0.717) is 0 Å². The molecular weight excluding hydrogens is 310 g/mol. The smallest absolute Gasteiger partial charge is 0.305 e. The van der Waals surface area contributed by atoms with Gasteiger partial charge in [0.15, 0.2) is 0 Å². The van der Waals surface area contributed by atoms with Crippen LogP contribution in [-0.4, -0.2) is 40.1 Å². The van der Waals surface area contributed by atoms with Crippen LogP contribution in [0.15, 0.2) is 11.3 Å². The average Bonchev–Trinajstić information content (AvgIpc) is 2.76. The fourth-order valence-electron chi connectivity index (χ4n) is 3.74. The molecule has 0 aromatic carbocycles. The molecule has 4 atom stereocenters. The number of carboxylic acids is 1. The highest BCUT2D eigenvalue weighted by Crippen LogP contribution is 2.49. The van der Waals surface area contributed by atoms with Gasteiger partial charge in [0.25, 0.3) is 0 Å². The zero-order valence-electron chi connectivity index (χ0n) is 14.5. The lowest BCUT2D eigenvalue weighted by molar-refractivity contribution is -0.138. The second-order valence-electron chi connectivity index (χ2n) is 7.09. The maximum Gasteiger partial charge on any atom is 0.305 e. The predicted molar refractivity (Wildman–Crippen MR) is 90.0 cm³/mol. The van der Waals surface area contributed by atoms with Crippen LogP contribution in [0.25, 0.3) is 0 Å². The van der Waals surface area contributed by atoms with E-state index in [1.54, 1.807) is 0 Å². The van der Waals surface area contributed by atoms with Gasteiger partial charge in [-0.1, -0.05) is 26.2 Å². The van der Waals surface area contributed by atoms with Crippen molar-refractivity contribution in [2.75, 3.05) is 6.61 Å². The van der Waals surface area contributed by atoms with Gasteiger partial charge in [0, 0.05) is 11.6 Å². The second kappa shape index (κ2) is 9.39. The van der Waals surface area contributed by atoms with Gasteiger partial charge in [-0.2, -0.15) is 0 Å². The fraction of sp³-hybridized carbons (Fsp3) is 0.833. The SMILES string of the molecule is CCCCCC(O)CCC1CC2=C(NOCCC(=O)O)CC2C1O. The van der Waals surface area contributed by atoms with Gasteiger partial charge in [-0.3, -0.25) is 15.1 Å². The molecule has 4 N–H and O–H groups in total. The standard InChI is InChI=1S/C18H31NO5/c1-2-3-4-5-13(20)7-6-12-10-14-15(18(12)23)11-16(14)19-24-9-8-17(21)22/h12-13,15,18-20,23H,2-11H2,1H3,(H,21,22).